The van der Waals surface area contributed by atoms with Gasteiger partial charge in [0.2, 0.25) is 0 Å². The fourth-order valence-electron chi connectivity index (χ4n) is 2.53. The molecule has 1 aromatic heterocycles. The summed E-state index contributed by atoms with van der Waals surface area (Å²) in [5, 5.41) is 0. The van der Waals surface area contributed by atoms with Crippen LogP contribution in [0.2, 0.25) is 0 Å². The molecule has 0 saturated carbocycles. The van der Waals surface area contributed by atoms with E-state index in [1.165, 1.54) is 0 Å². The highest BCUT2D eigenvalue weighted by atomic mass is 32.2. The van der Waals surface area contributed by atoms with Crippen molar-refractivity contribution in [1.82, 2.24) is 4.57 Å². The molecule has 0 saturated heterocycles. The number of nitrogens with zero attached hydrogens (tertiary/aromatic N) is 1. The molecule has 0 bridgehead atoms. The van der Waals surface area contributed by atoms with Gasteiger partial charge in [0.05, 0.1) is 20.8 Å². The van der Waals surface area contributed by atoms with Crippen molar-refractivity contribution in [2.75, 3.05) is 4.72 Å². The summed E-state index contributed by atoms with van der Waals surface area (Å²) in [6.45, 7) is 7.88. The van der Waals surface area contributed by atoms with E-state index >= 15 is 0 Å². The summed E-state index contributed by atoms with van der Waals surface area (Å²) >= 11 is 1.08. The van der Waals surface area contributed by atoms with Crippen molar-refractivity contribution < 1.29 is 8.42 Å². The number of fused-ring (bicyclic) bond motifs is 1. The second-order valence-corrected chi connectivity index (χ2v) is 8.48. The number of aryl methyl sites for hydroxylation is 2. The van der Waals surface area contributed by atoms with E-state index in [1.54, 1.807) is 47.0 Å². The highest BCUT2D eigenvalue weighted by molar-refractivity contribution is 7.92. The number of hydrogen-bond donors (Lipinski definition) is 1. The second-order valence-electron chi connectivity index (χ2n) is 5.80. The molecule has 3 aromatic rings. The Hall–Kier alpha value is -2.38. The summed E-state index contributed by atoms with van der Waals surface area (Å²) in [5.41, 5.74) is 3.15. The maximum atomic E-state index is 12.6. The quantitative estimate of drug-likeness (QED) is 0.693. The third-order valence-corrected chi connectivity index (χ3v) is 6.34. The SMILES string of the molecule is C=CCn1c(=O)sc2cc(NS(=O)(=O)c3ccc(C)c(C)c3)ccc21. The molecular formula is C18H18N2O3S2. The summed E-state index contributed by atoms with van der Waals surface area (Å²) in [6.07, 6.45) is 1.66. The summed E-state index contributed by atoms with van der Waals surface area (Å²) < 4.78 is 30.1. The highest BCUT2D eigenvalue weighted by Crippen LogP contribution is 2.24. The van der Waals surface area contributed by atoms with Crippen LogP contribution in [0.4, 0.5) is 5.69 Å². The van der Waals surface area contributed by atoms with Gasteiger partial charge in [-0.05, 0) is 55.3 Å². The second kappa shape index (κ2) is 6.50. The van der Waals surface area contributed by atoms with Gasteiger partial charge in [-0.3, -0.25) is 14.1 Å². The van der Waals surface area contributed by atoms with Gasteiger partial charge in [-0.15, -0.1) is 6.58 Å². The Morgan fingerprint density at radius 1 is 1.16 bits per heavy atom. The first-order chi connectivity index (χ1) is 11.8. The van der Waals surface area contributed by atoms with Crippen molar-refractivity contribution in [3.05, 3.63) is 69.8 Å². The zero-order chi connectivity index (χ0) is 18.2. The number of sulfonamides is 1. The van der Waals surface area contributed by atoms with Gasteiger partial charge in [-0.1, -0.05) is 23.5 Å². The number of nitrogens with one attached hydrogen (secondary N) is 1. The average Bonchev–Trinajstić information content (AvgIpc) is 2.85. The van der Waals surface area contributed by atoms with E-state index in [-0.39, 0.29) is 9.77 Å². The lowest BCUT2D eigenvalue weighted by Gasteiger charge is -2.10. The summed E-state index contributed by atoms with van der Waals surface area (Å²) in [6, 6.07) is 10.1. The number of aromatic nitrogens is 1. The Kier molecular flexibility index (Phi) is 4.53. The van der Waals surface area contributed by atoms with E-state index in [1.807, 2.05) is 13.8 Å². The third-order valence-electron chi connectivity index (χ3n) is 4.02. The Bertz CT molecular complexity index is 1120. The lowest BCUT2D eigenvalue weighted by molar-refractivity contribution is 0.601. The first-order valence-corrected chi connectivity index (χ1v) is 9.96. The minimum atomic E-state index is -3.68. The van der Waals surface area contributed by atoms with Gasteiger partial charge < -0.3 is 0 Å². The zero-order valence-corrected chi connectivity index (χ0v) is 15.6. The molecule has 0 spiro atoms. The van der Waals surface area contributed by atoms with E-state index in [0.29, 0.717) is 12.2 Å². The number of allylic oxidation sites excluding steroid dienone is 1. The topological polar surface area (TPSA) is 68.2 Å². The maximum Gasteiger partial charge on any atom is 0.308 e. The molecule has 1 heterocycles. The van der Waals surface area contributed by atoms with Crippen molar-refractivity contribution in [2.24, 2.45) is 0 Å². The minimum Gasteiger partial charge on any atom is -0.295 e. The van der Waals surface area contributed by atoms with Gasteiger partial charge in [-0.2, -0.15) is 0 Å². The Morgan fingerprint density at radius 2 is 1.92 bits per heavy atom. The summed E-state index contributed by atoms with van der Waals surface area (Å²) in [4.78, 5) is 12.1. The van der Waals surface area contributed by atoms with E-state index in [4.69, 9.17) is 0 Å². The number of benzene rings is 2. The number of hydrogen-bond acceptors (Lipinski definition) is 4. The van der Waals surface area contributed by atoms with Crippen molar-refractivity contribution in [1.29, 1.82) is 0 Å². The molecule has 3 rings (SSSR count). The molecule has 5 nitrogen and oxygen atoms in total. The van der Waals surface area contributed by atoms with Crippen LogP contribution in [0, 0.1) is 13.8 Å². The van der Waals surface area contributed by atoms with Crippen LogP contribution in [0.25, 0.3) is 10.2 Å². The first kappa shape index (κ1) is 17.4. The fourth-order valence-corrected chi connectivity index (χ4v) is 4.60. The van der Waals surface area contributed by atoms with E-state index in [0.717, 1.165) is 32.7 Å². The minimum absolute atomic E-state index is 0.0935. The van der Waals surface area contributed by atoms with Gasteiger partial charge in [-0.25, -0.2) is 8.42 Å². The smallest absolute Gasteiger partial charge is 0.295 e. The Balaban J connectivity index is 1.98. The molecule has 0 unspecified atom stereocenters. The monoisotopic (exact) mass is 374 g/mol. The Morgan fingerprint density at radius 3 is 2.60 bits per heavy atom. The van der Waals surface area contributed by atoms with Crippen LogP contribution in [-0.4, -0.2) is 13.0 Å². The summed E-state index contributed by atoms with van der Waals surface area (Å²) in [5.74, 6) is 0. The molecule has 0 amide bonds. The molecule has 2 aromatic carbocycles. The lowest BCUT2D eigenvalue weighted by Crippen LogP contribution is -2.13. The van der Waals surface area contributed by atoms with Crippen LogP contribution in [-0.2, 0) is 16.6 Å². The molecule has 0 aliphatic heterocycles. The van der Waals surface area contributed by atoms with Crippen LogP contribution in [0.1, 0.15) is 11.1 Å². The molecule has 0 radical (unpaired) electrons. The predicted octanol–water partition coefficient (Wildman–Crippen LogP) is 3.67. The molecule has 7 heteroatoms. The van der Waals surface area contributed by atoms with Gasteiger partial charge >= 0.3 is 4.87 Å². The van der Waals surface area contributed by atoms with E-state index in [2.05, 4.69) is 11.3 Å². The molecule has 0 fully saturated rings. The number of thiazole rings is 1. The van der Waals surface area contributed by atoms with Crippen molar-refractivity contribution >= 4 is 37.3 Å². The molecule has 1 N–H and O–H groups in total. The Labute approximate surface area is 150 Å². The van der Waals surface area contributed by atoms with Gasteiger partial charge in [0.1, 0.15) is 0 Å². The van der Waals surface area contributed by atoms with E-state index < -0.39 is 10.0 Å². The van der Waals surface area contributed by atoms with Gasteiger partial charge in [0, 0.05) is 6.54 Å². The molecule has 130 valence electrons. The zero-order valence-electron chi connectivity index (χ0n) is 13.9. The van der Waals surface area contributed by atoms with Crippen LogP contribution in [0.5, 0.6) is 0 Å². The molecule has 25 heavy (non-hydrogen) atoms. The van der Waals surface area contributed by atoms with Crippen molar-refractivity contribution in [2.45, 2.75) is 25.3 Å². The first-order valence-electron chi connectivity index (χ1n) is 7.66. The largest absolute Gasteiger partial charge is 0.308 e. The maximum absolute atomic E-state index is 12.6. The van der Waals surface area contributed by atoms with Crippen LogP contribution in [0.15, 0.2) is 58.7 Å². The highest BCUT2D eigenvalue weighted by Gasteiger charge is 2.16. The predicted molar refractivity (Wildman–Crippen MR) is 103 cm³/mol. The van der Waals surface area contributed by atoms with Crippen molar-refractivity contribution in [3.63, 3.8) is 0 Å². The van der Waals surface area contributed by atoms with Crippen LogP contribution < -0.4 is 9.60 Å². The standard InChI is InChI=1S/C18H18N2O3S2/c1-4-9-20-16-8-6-14(11-17(16)24-18(20)21)19-25(22,23)15-7-5-12(2)13(3)10-15/h4-8,10-11,19H,1,9H2,2-3H3. The van der Waals surface area contributed by atoms with Gasteiger partial charge in [0.15, 0.2) is 0 Å². The van der Waals surface area contributed by atoms with Crippen LogP contribution >= 0.6 is 11.3 Å². The normalized spacial score (nSPS) is 11.6. The molecule has 0 atom stereocenters. The molecular weight excluding hydrogens is 356 g/mol. The molecule has 0 aliphatic rings. The number of anilines is 1. The fraction of sp³-hybridized carbons (Fsp3) is 0.167. The lowest BCUT2D eigenvalue weighted by atomic mass is 10.1. The van der Waals surface area contributed by atoms with Crippen LogP contribution in [0.3, 0.4) is 0 Å². The molecule has 0 aliphatic carbocycles. The van der Waals surface area contributed by atoms with Gasteiger partial charge in [0.25, 0.3) is 10.0 Å². The van der Waals surface area contributed by atoms with E-state index in [9.17, 15) is 13.2 Å². The third kappa shape index (κ3) is 3.38. The average molecular weight is 374 g/mol. The van der Waals surface area contributed by atoms with Crippen molar-refractivity contribution in [3.8, 4) is 0 Å². The number of rotatable bonds is 5. The summed E-state index contributed by atoms with van der Waals surface area (Å²) in [7, 11) is -3.68.